The number of aromatic nitrogens is 1. The molecule has 5 nitrogen and oxygen atoms in total. The van der Waals surface area contributed by atoms with Gasteiger partial charge in [0.2, 0.25) is 10.0 Å². The Kier molecular flexibility index (Phi) is 5.28. The van der Waals surface area contributed by atoms with Crippen LogP contribution in [0.1, 0.15) is 16.7 Å². The van der Waals surface area contributed by atoms with Crippen molar-refractivity contribution in [3.8, 4) is 0 Å². The normalized spacial score (nSPS) is 11.8. The van der Waals surface area contributed by atoms with E-state index in [1.807, 2.05) is 19.1 Å². The van der Waals surface area contributed by atoms with E-state index < -0.39 is 10.0 Å². The van der Waals surface area contributed by atoms with Gasteiger partial charge in [0.05, 0.1) is 11.5 Å². The van der Waals surface area contributed by atoms with Crippen molar-refractivity contribution in [2.45, 2.75) is 25.3 Å². The summed E-state index contributed by atoms with van der Waals surface area (Å²) in [5.41, 5.74) is 2.36. The minimum Gasteiger partial charge on any atom is -0.395 e. The van der Waals surface area contributed by atoms with E-state index in [2.05, 4.69) is 4.98 Å². The Hall–Kier alpha value is -1.76. The number of hydrogen-bond acceptors (Lipinski definition) is 4. The van der Waals surface area contributed by atoms with Crippen LogP contribution in [0.25, 0.3) is 0 Å². The first-order valence-electron chi connectivity index (χ1n) is 7.02. The number of aliphatic hydroxyl groups is 1. The van der Waals surface area contributed by atoms with Crippen molar-refractivity contribution in [1.29, 1.82) is 0 Å². The highest BCUT2D eigenvalue weighted by atomic mass is 32.2. The summed E-state index contributed by atoms with van der Waals surface area (Å²) in [6.45, 7) is 3.63. The van der Waals surface area contributed by atoms with Crippen LogP contribution in [-0.4, -0.2) is 36.0 Å². The van der Waals surface area contributed by atoms with Crippen molar-refractivity contribution in [2.24, 2.45) is 0 Å². The van der Waals surface area contributed by atoms with E-state index in [1.54, 1.807) is 37.5 Å². The number of hydrogen-bond donors (Lipinski definition) is 1. The van der Waals surface area contributed by atoms with Gasteiger partial charge in [0.25, 0.3) is 0 Å². The molecule has 0 amide bonds. The molecule has 0 bridgehead atoms. The first-order chi connectivity index (χ1) is 10.4. The van der Waals surface area contributed by atoms with Gasteiger partial charge >= 0.3 is 0 Å². The molecular formula is C16H20N2O3S. The van der Waals surface area contributed by atoms with Crippen molar-refractivity contribution in [3.63, 3.8) is 0 Å². The molecule has 0 saturated carbocycles. The summed E-state index contributed by atoms with van der Waals surface area (Å²) in [6.07, 6.45) is 3.27. The van der Waals surface area contributed by atoms with Crippen LogP contribution < -0.4 is 0 Å². The van der Waals surface area contributed by atoms with Crippen molar-refractivity contribution in [1.82, 2.24) is 9.29 Å². The van der Waals surface area contributed by atoms with Crippen molar-refractivity contribution < 1.29 is 13.5 Å². The fraction of sp³-hybridized carbons (Fsp3) is 0.312. The molecule has 2 rings (SSSR count). The fourth-order valence-electron chi connectivity index (χ4n) is 2.22. The van der Waals surface area contributed by atoms with E-state index in [4.69, 9.17) is 0 Å². The molecule has 0 aliphatic rings. The van der Waals surface area contributed by atoms with Gasteiger partial charge in [-0.05, 0) is 42.7 Å². The molecule has 1 aromatic carbocycles. The second-order valence-corrected chi connectivity index (χ2v) is 7.10. The molecule has 22 heavy (non-hydrogen) atoms. The largest absolute Gasteiger partial charge is 0.395 e. The molecule has 1 aromatic heterocycles. The van der Waals surface area contributed by atoms with E-state index in [0.717, 1.165) is 11.1 Å². The highest BCUT2D eigenvalue weighted by Gasteiger charge is 2.26. The van der Waals surface area contributed by atoms with Crippen molar-refractivity contribution in [2.75, 3.05) is 13.2 Å². The number of aryl methyl sites for hydroxylation is 2. The Bertz CT molecular complexity index is 730. The van der Waals surface area contributed by atoms with Crippen molar-refractivity contribution >= 4 is 10.0 Å². The summed E-state index contributed by atoms with van der Waals surface area (Å²) in [5.74, 6) is 0. The molecule has 118 valence electrons. The van der Waals surface area contributed by atoms with Crippen LogP contribution in [0.2, 0.25) is 0 Å². The molecule has 0 atom stereocenters. The third-order valence-corrected chi connectivity index (χ3v) is 5.38. The Balaban J connectivity index is 2.39. The van der Waals surface area contributed by atoms with Crippen LogP contribution >= 0.6 is 0 Å². The Morgan fingerprint density at radius 3 is 2.64 bits per heavy atom. The minimum atomic E-state index is -3.67. The summed E-state index contributed by atoms with van der Waals surface area (Å²) < 4.78 is 27.1. The monoisotopic (exact) mass is 320 g/mol. The first kappa shape index (κ1) is 16.6. The SMILES string of the molecule is Cc1ccc(C)c(S(=O)(=O)N(CCO)Cc2cccnc2)c1. The molecule has 0 aliphatic heterocycles. The van der Waals surface area contributed by atoms with Gasteiger partial charge in [-0.15, -0.1) is 0 Å². The Morgan fingerprint density at radius 2 is 2.00 bits per heavy atom. The number of rotatable bonds is 6. The summed E-state index contributed by atoms with van der Waals surface area (Å²) in [7, 11) is -3.67. The number of nitrogens with zero attached hydrogens (tertiary/aromatic N) is 2. The van der Waals surface area contributed by atoms with E-state index >= 15 is 0 Å². The van der Waals surface area contributed by atoms with Crippen LogP contribution in [0.5, 0.6) is 0 Å². The number of pyridine rings is 1. The Morgan fingerprint density at radius 1 is 1.23 bits per heavy atom. The second-order valence-electron chi connectivity index (χ2n) is 5.19. The van der Waals surface area contributed by atoms with E-state index in [1.165, 1.54) is 4.31 Å². The number of benzene rings is 1. The van der Waals surface area contributed by atoms with Gasteiger partial charge in [-0.1, -0.05) is 18.2 Å². The maximum absolute atomic E-state index is 12.9. The molecule has 0 spiro atoms. The molecule has 6 heteroatoms. The average Bonchev–Trinajstić information content (AvgIpc) is 2.50. The molecule has 0 saturated heterocycles. The second kappa shape index (κ2) is 7.00. The highest BCUT2D eigenvalue weighted by molar-refractivity contribution is 7.89. The predicted molar refractivity (Wildman–Crippen MR) is 84.8 cm³/mol. The Labute approximate surface area is 131 Å². The zero-order chi connectivity index (χ0) is 16.2. The third-order valence-electron chi connectivity index (χ3n) is 3.39. The van der Waals surface area contributed by atoms with E-state index in [9.17, 15) is 13.5 Å². The zero-order valence-corrected chi connectivity index (χ0v) is 13.5. The van der Waals surface area contributed by atoms with E-state index in [0.29, 0.717) is 5.56 Å². The van der Waals surface area contributed by atoms with Crippen LogP contribution in [0.15, 0.2) is 47.6 Å². The molecule has 0 radical (unpaired) electrons. The van der Waals surface area contributed by atoms with Crippen LogP contribution in [0.3, 0.4) is 0 Å². The summed E-state index contributed by atoms with van der Waals surface area (Å²) >= 11 is 0. The first-order valence-corrected chi connectivity index (χ1v) is 8.46. The lowest BCUT2D eigenvalue weighted by atomic mass is 10.2. The van der Waals surface area contributed by atoms with Gasteiger partial charge in [-0.25, -0.2) is 8.42 Å². The van der Waals surface area contributed by atoms with Crippen LogP contribution in [-0.2, 0) is 16.6 Å². The maximum Gasteiger partial charge on any atom is 0.243 e. The minimum absolute atomic E-state index is 0.0462. The lowest BCUT2D eigenvalue weighted by Crippen LogP contribution is -2.33. The van der Waals surface area contributed by atoms with Crippen molar-refractivity contribution in [3.05, 3.63) is 59.4 Å². The molecule has 1 heterocycles. The van der Waals surface area contributed by atoms with Gasteiger partial charge in [-0.2, -0.15) is 4.31 Å². The van der Waals surface area contributed by atoms with Crippen LogP contribution in [0, 0.1) is 13.8 Å². The molecule has 0 fully saturated rings. The summed E-state index contributed by atoms with van der Waals surface area (Å²) in [6, 6.07) is 8.92. The van der Waals surface area contributed by atoms with Gasteiger partial charge in [0, 0.05) is 25.5 Å². The van der Waals surface area contributed by atoms with Gasteiger partial charge in [0.1, 0.15) is 0 Å². The molecule has 0 aliphatic carbocycles. The van der Waals surface area contributed by atoms with Crippen LogP contribution in [0.4, 0.5) is 0 Å². The number of sulfonamides is 1. The topological polar surface area (TPSA) is 70.5 Å². The lowest BCUT2D eigenvalue weighted by Gasteiger charge is -2.22. The zero-order valence-electron chi connectivity index (χ0n) is 12.7. The quantitative estimate of drug-likeness (QED) is 0.882. The predicted octanol–water partition coefficient (Wildman–Crippen LogP) is 1.88. The fourth-order valence-corrected chi connectivity index (χ4v) is 3.94. The van der Waals surface area contributed by atoms with Gasteiger partial charge in [-0.3, -0.25) is 4.98 Å². The summed E-state index contributed by atoms with van der Waals surface area (Å²) in [5, 5.41) is 9.23. The van der Waals surface area contributed by atoms with Gasteiger partial charge < -0.3 is 5.11 Å². The standard InChI is InChI=1S/C16H20N2O3S/c1-13-5-6-14(2)16(10-13)22(20,21)18(8-9-19)12-15-4-3-7-17-11-15/h3-7,10-11,19H,8-9,12H2,1-2H3. The molecular weight excluding hydrogens is 300 g/mol. The maximum atomic E-state index is 12.9. The number of aliphatic hydroxyl groups excluding tert-OH is 1. The average molecular weight is 320 g/mol. The molecule has 1 N–H and O–H groups in total. The lowest BCUT2D eigenvalue weighted by molar-refractivity contribution is 0.251. The highest BCUT2D eigenvalue weighted by Crippen LogP contribution is 2.22. The van der Waals surface area contributed by atoms with Gasteiger partial charge in [0.15, 0.2) is 0 Å². The third kappa shape index (κ3) is 3.71. The molecule has 0 unspecified atom stereocenters. The smallest absolute Gasteiger partial charge is 0.243 e. The van der Waals surface area contributed by atoms with E-state index in [-0.39, 0.29) is 24.6 Å². The molecule has 2 aromatic rings. The summed E-state index contributed by atoms with van der Waals surface area (Å²) in [4.78, 5) is 4.28.